The Bertz CT molecular complexity index is 992. The van der Waals surface area contributed by atoms with Gasteiger partial charge in [-0.2, -0.15) is 0 Å². The highest BCUT2D eigenvalue weighted by Crippen LogP contribution is 2.32. The molecule has 1 saturated heterocycles. The van der Waals surface area contributed by atoms with Crippen LogP contribution in [-0.4, -0.2) is 41.5 Å². The van der Waals surface area contributed by atoms with Crippen molar-refractivity contribution in [2.75, 3.05) is 24.5 Å². The number of benzene rings is 2. The minimum absolute atomic E-state index is 0.0565. The Balaban J connectivity index is 1.28. The van der Waals surface area contributed by atoms with Gasteiger partial charge in [-0.05, 0) is 42.3 Å². The molecule has 1 aromatic heterocycles. The Morgan fingerprint density at radius 1 is 0.926 bits per heavy atom. The van der Waals surface area contributed by atoms with Crippen LogP contribution in [0.15, 0.2) is 60.8 Å². The zero-order valence-electron chi connectivity index (χ0n) is 15.3. The van der Waals surface area contributed by atoms with Gasteiger partial charge in [-0.25, -0.2) is 0 Å². The number of hydrogen-bond acceptors (Lipinski definition) is 3. The largest absolute Gasteiger partial charge is 0.368 e. The molecule has 27 heavy (non-hydrogen) atoms. The number of aromatic nitrogens is 1. The summed E-state index contributed by atoms with van der Waals surface area (Å²) in [6, 6.07) is 19.2. The molecule has 0 spiro atoms. The number of fused-ring (bicyclic) bond motifs is 2. The Morgan fingerprint density at radius 2 is 1.67 bits per heavy atom. The number of amides is 1. The first-order chi connectivity index (χ1) is 13.3. The zero-order valence-corrected chi connectivity index (χ0v) is 15.3. The van der Waals surface area contributed by atoms with Gasteiger partial charge in [-0.1, -0.05) is 42.5 Å². The quantitative estimate of drug-likeness (QED) is 0.698. The molecule has 1 amide bonds. The fraction of sp³-hybridized carbons (Fsp3) is 0.304. The van der Waals surface area contributed by atoms with Crippen molar-refractivity contribution >= 4 is 22.4 Å². The van der Waals surface area contributed by atoms with E-state index < -0.39 is 0 Å². The molecule has 2 aromatic carbocycles. The van der Waals surface area contributed by atoms with Crippen LogP contribution in [0.4, 0.5) is 5.69 Å². The second-order valence-corrected chi connectivity index (χ2v) is 7.51. The van der Waals surface area contributed by atoms with E-state index in [4.69, 9.17) is 0 Å². The van der Waals surface area contributed by atoms with Crippen molar-refractivity contribution in [3.05, 3.63) is 72.1 Å². The van der Waals surface area contributed by atoms with E-state index in [0.29, 0.717) is 11.7 Å². The molecule has 3 aromatic rings. The molecule has 4 nitrogen and oxygen atoms in total. The summed E-state index contributed by atoms with van der Waals surface area (Å²) < 4.78 is 0. The van der Waals surface area contributed by atoms with Gasteiger partial charge in [-0.15, -0.1) is 0 Å². The maximum absolute atomic E-state index is 12.9. The zero-order chi connectivity index (χ0) is 18.2. The maximum atomic E-state index is 12.9. The van der Waals surface area contributed by atoms with Crippen LogP contribution in [0.2, 0.25) is 0 Å². The van der Waals surface area contributed by atoms with Crippen molar-refractivity contribution in [1.29, 1.82) is 0 Å². The molecule has 136 valence electrons. The highest BCUT2D eigenvalue weighted by atomic mass is 16.2. The van der Waals surface area contributed by atoms with Gasteiger partial charge in [0.15, 0.2) is 0 Å². The predicted molar refractivity (Wildman–Crippen MR) is 108 cm³/mol. The Labute approximate surface area is 159 Å². The molecule has 0 radical (unpaired) electrons. The SMILES string of the molecule is O=C(c1cc2ccccc2cn1)N1CCC(N2CCc3ccccc32)CC1. The number of carbonyl (C=O) groups is 1. The van der Waals surface area contributed by atoms with Gasteiger partial charge in [0.25, 0.3) is 5.91 Å². The van der Waals surface area contributed by atoms with E-state index in [9.17, 15) is 4.79 Å². The standard InChI is InChI=1S/C23H23N3O/c27-23(21-15-18-6-1-2-7-19(18)16-24-21)25-12-10-20(11-13-25)26-14-9-17-5-3-4-8-22(17)26/h1-8,15-16,20H,9-14H2. The van der Waals surface area contributed by atoms with E-state index in [0.717, 1.165) is 49.7 Å². The van der Waals surface area contributed by atoms with Crippen molar-refractivity contribution in [1.82, 2.24) is 9.88 Å². The molecule has 0 unspecified atom stereocenters. The molecular weight excluding hydrogens is 334 g/mol. The molecule has 0 saturated carbocycles. The van der Waals surface area contributed by atoms with E-state index in [1.165, 1.54) is 11.3 Å². The minimum Gasteiger partial charge on any atom is -0.368 e. The average molecular weight is 357 g/mol. The molecule has 0 bridgehead atoms. The summed E-state index contributed by atoms with van der Waals surface area (Å²) in [6.07, 6.45) is 4.98. The van der Waals surface area contributed by atoms with Crippen LogP contribution in [0.3, 0.4) is 0 Å². The van der Waals surface area contributed by atoms with Gasteiger partial charge in [-0.3, -0.25) is 9.78 Å². The van der Waals surface area contributed by atoms with Gasteiger partial charge in [0, 0.05) is 42.9 Å². The van der Waals surface area contributed by atoms with E-state index in [2.05, 4.69) is 34.1 Å². The summed E-state index contributed by atoms with van der Waals surface area (Å²) in [6.45, 7) is 2.71. The van der Waals surface area contributed by atoms with Crippen LogP contribution >= 0.6 is 0 Å². The number of pyridine rings is 1. The number of piperidine rings is 1. The summed E-state index contributed by atoms with van der Waals surface area (Å²) in [7, 11) is 0. The number of para-hydroxylation sites is 1. The summed E-state index contributed by atoms with van der Waals surface area (Å²) in [5.74, 6) is 0.0565. The van der Waals surface area contributed by atoms with Crippen LogP contribution in [-0.2, 0) is 6.42 Å². The first kappa shape index (κ1) is 16.3. The highest BCUT2D eigenvalue weighted by Gasteiger charge is 2.31. The van der Waals surface area contributed by atoms with E-state index in [-0.39, 0.29) is 5.91 Å². The molecule has 5 rings (SSSR count). The van der Waals surface area contributed by atoms with Crippen LogP contribution in [0.5, 0.6) is 0 Å². The molecule has 2 aliphatic heterocycles. The second-order valence-electron chi connectivity index (χ2n) is 7.51. The van der Waals surface area contributed by atoms with E-state index >= 15 is 0 Å². The van der Waals surface area contributed by atoms with Crippen LogP contribution in [0.1, 0.15) is 28.9 Å². The topological polar surface area (TPSA) is 36.4 Å². The fourth-order valence-electron chi connectivity index (χ4n) is 4.49. The second kappa shape index (κ2) is 6.69. The molecule has 1 fully saturated rings. The van der Waals surface area contributed by atoms with Crippen molar-refractivity contribution in [2.24, 2.45) is 0 Å². The normalized spacial score (nSPS) is 17.3. The van der Waals surface area contributed by atoms with Crippen molar-refractivity contribution in [3.8, 4) is 0 Å². The molecule has 0 atom stereocenters. The lowest BCUT2D eigenvalue weighted by atomic mass is 10.0. The van der Waals surface area contributed by atoms with Crippen molar-refractivity contribution in [3.63, 3.8) is 0 Å². The van der Waals surface area contributed by atoms with Crippen molar-refractivity contribution in [2.45, 2.75) is 25.3 Å². The monoisotopic (exact) mass is 357 g/mol. The molecular formula is C23H23N3O. The summed E-state index contributed by atoms with van der Waals surface area (Å²) in [4.78, 5) is 21.8. The molecule has 4 heteroatoms. The number of rotatable bonds is 2. The van der Waals surface area contributed by atoms with Gasteiger partial charge in [0.05, 0.1) is 0 Å². The summed E-state index contributed by atoms with van der Waals surface area (Å²) >= 11 is 0. The lowest BCUT2D eigenvalue weighted by Crippen LogP contribution is -2.46. The third kappa shape index (κ3) is 2.95. The summed E-state index contributed by atoms with van der Waals surface area (Å²) in [5, 5.41) is 2.14. The third-order valence-corrected chi connectivity index (χ3v) is 5.97. The first-order valence-electron chi connectivity index (χ1n) is 9.78. The lowest BCUT2D eigenvalue weighted by Gasteiger charge is -2.38. The van der Waals surface area contributed by atoms with Gasteiger partial charge in [0.1, 0.15) is 5.69 Å². The Hall–Kier alpha value is -2.88. The minimum atomic E-state index is 0.0565. The number of anilines is 1. The predicted octanol–water partition coefficient (Wildman–Crippen LogP) is 3.90. The van der Waals surface area contributed by atoms with Crippen LogP contribution in [0.25, 0.3) is 10.8 Å². The average Bonchev–Trinajstić information content (AvgIpc) is 3.17. The molecule has 0 N–H and O–H groups in total. The van der Waals surface area contributed by atoms with Crippen molar-refractivity contribution < 1.29 is 4.79 Å². The maximum Gasteiger partial charge on any atom is 0.272 e. The highest BCUT2D eigenvalue weighted by molar-refractivity contribution is 5.96. The van der Waals surface area contributed by atoms with Crippen LogP contribution in [0, 0.1) is 0 Å². The number of likely N-dealkylation sites (tertiary alicyclic amines) is 1. The Morgan fingerprint density at radius 3 is 2.52 bits per heavy atom. The summed E-state index contributed by atoms with van der Waals surface area (Å²) in [5.41, 5.74) is 3.40. The molecule has 0 aliphatic carbocycles. The molecule has 2 aliphatic rings. The van der Waals surface area contributed by atoms with Gasteiger partial charge in [0.2, 0.25) is 0 Å². The van der Waals surface area contributed by atoms with E-state index in [1.54, 1.807) is 6.20 Å². The Kier molecular flexibility index (Phi) is 4.04. The van der Waals surface area contributed by atoms with Crippen LogP contribution < -0.4 is 4.90 Å². The van der Waals surface area contributed by atoms with Gasteiger partial charge >= 0.3 is 0 Å². The lowest BCUT2D eigenvalue weighted by molar-refractivity contribution is 0.0707. The number of nitrogens with zero attached hydrogens (tertiary/aromatic N) is 3. The smallest absolute Gasteiger partial charge is 0.272 e. The fourth-order valence-corrected chi connectivity index (χ4v) is 4.49. The molecule has 3 heterocycles. The van der Waals surface area contributed by atoms with E-state index in [1.807, 2.05) is 35.2 Å². The number of hydrogen-bond donors (Lipinski definition) is 0. The number of carbonyl (C=O) groups excluding carboxylic acids is 1. The van der Waals surface area contributed by atoms with Gasteiger partial charge < -0.3 is 9.80 Å². The first-order valence-corrected chi connectivity index (χ1v) is 9.78. The third-order valence-electron chi connectivity index (χ3n) is 5.97.